The topological polar surface area (TPSA) is 39.8 Å². The SMILES string of the molecule is C/C=C\n1ncn(C2CCCC2)c1=O. The molecule has 1 aliphatic rings. The van der Waals surface area contributed by atoms with Crippen molar-refractivity contribution in [2.75, 3.05) is 0 Å². The number of rotatable bonds is 2. The van der Waals surface area contributed by atoms with Gasteiger partial charge in [-0.15, -0.1) is 0 Å². The van der Waals surface area contributed by atoms with E-state index >= 15 is 0 Å². The molecule has 0 radical (unpaired) electrons. The van der Waals surface area contributed by atoms with Gasteiger partial charge in [0.05, 0.1) is 0 Å². The molecule has 0 saturated heterocycles. The Kier molecular flexibility index (Phi) is 2.52. The van der Waals surface area contributed by atoms with Gasteiger partial charge in [0.1, 0.15) is 6.33 Å². The van der Waals surface area contributed by atoms with E-state index in [2.05, 4.69) is 5.10 Å². The second-order valence-corrected chi connectivity index (χ2v) is 3.69. The summed E-state index contributed by atoms with van der Waals surface area (Å²) in [7, 11) is 0. The normalized spacial score (nSPS) is 18.4. The highest BCUT2D eigenvalue weighted by atomic mass is 16.2. The fourth-order valence-corrected chi connectivity index (χ4v) is 2.00. The van der Waals surface area contributed by atoms with E-state index in [1.54, 1.807) is 17.1 Å². The van der Waals surface area contributed by atoms with Gasteiger partial charge in [0.15, 0.2) is 0 Å². The monoisotopic (exact) mass is 193 g/mol. The Morgan fingerprint density at radius 1 is 1.50 bits per heavy atom. The predicted molar refractivity (Wildman–Crippen MR) is 55.0 cm³/mol. The minimum atomic E-state index is -0.0185. The lowest BCUT2D eigenvalue weighted by Gasteiger charge is -2.07. The van der Waals surface area contributed by atoms with Crippen LogP contribution in [0.2, 0.25) is 0 Å². The number of hydrogen-bond donors (Lipinski definition) is 0. The summed E-state index contributed by atoms with van der Waals surface area (Å²) in [4.78, 5) is 11.8. The van der Waals surface area contributed by atoms with Crippen molar-refractivity contribution in [3.8, 4) is 0 Å². The average molecular weight is 193 g/mol. The molecule has 2 rings (SSSR count). The maximum atomic E-state index is 11.8. The van der Waals surface area contributed by atoms with E-state index < -0.39 is 0 Å². The Hall–Kier alpha value is -1.32. The summed E-state index contributed by atoms with van der Waals surface area (Å²) in [6.45, 7) is 1.88. The molecule has 0 amide bonds. The van der Waals surface area contributed by atoms with Crippen molar-refractivity contribution in [1.29, 1.82) is 0 Å². The van der Waals surface area contributed by atoms with Crippen LogP contribution >= 0.6 is 0 Å². The first kappa shape index (κ1) is 9.24. The van der Waals surface area contributed by atoms with Crippen molar-refractivity contribution < 1.29 is 0 Å². The zero-order valence-corrected chi connectivity index (χ0v) is 8.39. The quantitative estimate of drug-likeness (QED) is 0.716. The Morgan fingerprint density at radius 2 is 2.21 bits per heavy atom. The molecule has 0 N–H and O–H groups in total. The Labute approximate surface area is 82.9 Å². The van der Waals surface area contributed by atoms with Crippen LogP contribution in [0.3, 0.4) is 0 Å². The van der Waals surface area contributed by atoms with Crippen molar-refractivity contribution in [2.24, 2.45) is 0 Å². The molecule has 1 aromatic rings. The van der Waals surface area contributed by atoms with Crippen LogP contribution in [0, 0.1) is 0 Å². The molecule has 4 heteroatoms. The van der Waals surface area contributed by atoms with Crippen LogP contribution in [-0.4, -0.2) is 14.3 Å². The van der Waals surface area contributed by atoms with Crippen molar-refractivity contribution in [3.05, 3.63) is 22.9 Å². The number of aromatic nitrogens is 3. The van der Waals surface area contributed by atoms with Crippen LogP contribution in [0.1, 0.15) is 38.6 Å². The van der Waals surface area contributed by atoms with E-state index in [4.69, 9.17) is 0 Å². The minimum Gasteiger partial charge on any atom is -0.278 e. The van der Waals surface area contributed by atoms with E-state index in [1.807, 2.05) is 13.0 Å². The molecule has 4 nitrogen and oxygen atoms in total. The smallest absolute Gasteiger partial charge is 0.278 e. The summed E-state index contributed by atoms with van der Waals surface area (Å²) < 4.78 is 3.14. The largest absolute Gasteiger partial charge is 0.350 e. The molecule has 0 aromatic carbocycles. The molecule has 1 aliphatic carbocycles. The maximum absolute atomic E-state index is 11.8. The van der Waals surface area contributed by atoms with Gasteiger partial charge in [-0.1, -0.05) is 18.9 Å². The standard InChI is InChI=1S/C10H15N3O/c1-2-7-13-10(14)12(8-11-13)9-5-3-4-6-9/h2,7-9H,3-6H2,1H3/b7-2-. The molecular formula is C10H15N3O. The molecule has 14 heavy (non-hydrogen) atoms. The van der Waals surface area contributed by atoms with Gasteiger partial charge in [-0.3, -0.25) is 4.57 Å². The van der Waals surface area contributed by atoms with Crippen LogP contribution in [0.15, 0.2) is 17.2 Å². The highest BCUT2D eigenvalue weighted by molar-refractivity contribution is 5.16. The van der Waals surface area contributed by atoms with Crippen LogP contribution in [0.4, 0.5) is 0 Å². The molecule has 1 aromatic heterocycles. The van der Waals surface area contributed by atoms with Crippen molar-refractivity contribution >= 4 is 6.20 Å². The van der Waals surface area contributed by atoms with Gasteiger partial charge in [0.25, 0.3) is 0 Å². The van der Waals surface area contributed by atoms with Gasteiger partial charge in [-0.05, 0) is 19.8 Å². The van der Waals surface area contributed by atoms with Gasteiger partial charge >= 0.3 is 5.69 Å². The fourth-order valence-electron chi connectivity index (χ4n) is 2.00. The van der Waals surface area contributed by atoms with E-state index in [-0.39, 0.29) is 5.69 Å². The Morgan fingerprint density at radius 3 is 2.86 bits per heavy atom. The molecule has 1 heterocycles. The third-order valence-electron chi connectivity index (χ3n) is 2.73. The summed E-state index contributed by atoms with van der Waals surface area (Å²) in [5, 5.41) is 4.03. The van der Waals surface area contributed by atoms with Crippen LogP contribution in [-0.2, 0) is 0 Å². The second kappa shape index (κ2) is 3.82. The van der Waals surface area contributed by atoms with Gasteiger partial charge in [0, 0.05) is 12.2 Å². The van der Waals surface area contributed by atoms with Gasteiger partial charge in [0.2, 0.25) is 0 Å². The first-order valence-electron chi connectivity index (χ1n) is 5.11. The van der Waals surface area contributed by atoms with Crippen molar-refractivity contribution in [2.45, 2.75) is 38.6 Å². The fraction of sp³-hybridized carbons (Fsp3) is 0.600. The summed E-state index contributed by atoms with van der Waals surface area (Å²) in [5.41, 5.74) is -0.0185. The van der Waals surface area contributed by atoms with Crippen LogP contribution < -0.4 is 5.69 Å². The third kappa shape index (κ3) is 1.52. The molecular weight excluding hydrogens is 178 g/mol. The second-order valence-electron chi connectivity index (χ2n) is 3.69. The highest BCUT2D eigenvalue weighted by Crippen LogP contribution is 2.27. The van der Waals surface area contributed by atoms with Gasteiger partial charge < -0.3 is 0 Å². The third-order valence-corrected chi connectivity index (χ3v) is 2.73. The van der Waals surface area contributed by atoms with Crippen LogP contribution in [0.5, 0.6) is 0 Å². The van der Waals surface area contributed by atoms with Crippen molar-refractivity contribution in [1.82, 2.24) is 14.3 Å². The van der Waals surface area contributed by atoms with Crippen molar-refractivity contribution in [3.63, 3.8) is 0 Å². The van der Waals surface area contributed by atoms with E-state index in [1.165, 1.54) is 17.5 Å². The first-order chi connectivity index (χ1) is 6.83. The summed E-state index contributed by atoms with van der Waals surface area (Å²) in [5.74, 6) is 0. The lowest BCUT2D eigenvalue weighted by molar-refractivity contribution is 0.501. The summed E-state index contributed by atoms with van der Waals surface area (Å²) >= 11 is 0. The molecule has 0 unspecified atom stereocenters. The lowest BCUT2D eigenvalue weighted by Crippen LogP contribution is -2.24. The molecule has 0 aliphatic heterocycles. The molecule has 0 atom stereocenters. The summed E-state index contributed by atoms with van der Waals surface area (Å²) in [6.07, 6.45) is 9.83. The zero-order chi connectivity index (χ0) is 9.97. The maximum Gasteiger partial charge on any atom is 0.350 e. The van der Waals surface area contributed by atoms with E-state index in [9.17, 15) is 4.79 Å². The van der Waals surface area contributed by atoms with E-state index in [0.717, 1.165) is 12.8 Å². The van der Waals surface area contributed by atoms with Gasteiger partial charge in [-0.25, -0.2) is 4.79 Å². The number of allylic oxidation sites excluding steroid dienone is 1. The minimum absolute atomic E-state index is 0.0185. The summed E-state index contributed by atoms with van der Waals surface area (Å²) in [6, 6.07) is 0.376. The molecule has 1 saturated carbocycles. The van der Waals surface area contributed by atoms with Crippen LogP contribution in [0.25, 0.3) is 6.20 Å². The van der Waals surface area contributed by atoms with Gasteiger partial charge in [-0.2, -0.15) is 9.78 Å². The molecule has 1 fully saturated rings. The van der Waals surface area contributed by atoms with E-state index in [0.29, 0.717) is 6.04 Å². The molecule has 0 bridgehead atoms. The Balaban J connectivity index is 2.30. The molecule has 0 spiro atoms. The zero-order valence-electron chi connectivity index (χ0n) is 8.39. The highest BCUT2D eigenvalue weighted by Gasteiger charge is 2.19. The molecule has 76 valence electrons. The first-order valence-corrected chi connectivity index (χ1v) is 5.11. The lowest BCUT2D eigenvalue weighted by atomic mass is 10.2. The number of nitrogens with zero attached hydrogens (tertiary/aromatic N) is 3. The average Bonchev–Trinajstić information content (AvgIpc) is 2.77. The number of hydrogen-bond acceptors (Lipinski definition) is 2. The predicted octanol–water partition coefficient (Wildman–Crippen LogP) is 1.65. The Bertz CT molecular complexity index is 382.